The van der Waals surface area contributed by atoms with Gasteiger partial charge in [-0.3, -0.25) is 0 Å². The zero-order valence-corrected chi connectivity index (χ0v) is 13.6. The molecule has 0 radical (unpaired) electrons. The molecule has 0 fully saturated rings. The molecule has 1 aromatic heterocycles. The van der Waals surface area contributed by atoms with E-state index in [1.54, 1.807) is 0 Å². The molecule has 3 nitrogen and oxygen atoms in total. The molecule has 20 heavy (non-hydrogen) atoms. The summed E-state index contributed by atoms with van der Waals surface area (Å²) in [5, 5.41) is 0. The Morgan fingerprint density at radius 3 is 2.40 bits per heavy atom. The van der Waals surface area contributed by atoms with Crippen molar-refractivity contribution in [3.05, 3.63) is 30.1 Å². The van der Waals surface area contributed by atoms with Crippen molar-refractivity contribution in [3.8, 4) is 0 Å². The standard InChI is InChI=1S/C16H28NO2.ClH/c1-3-4-5-8-12-18-14-15-19-13-11-17-10-7-6-9-16(17)2;/h6-7,9-10H,3-5,8,11-15H2,1-2H3;1H/q+1;/p-1. The van der Waals surface area contributed by atoms with Gasteiger partial charge in [0.25, 0.3) is 0 Å². The van der Waals surface area contributed by atoms with Crippen LogP contribution in [0.25, 0.3) is 0 Å². The van der Waals surface area contributed by atoms with Gasteiger partial charge in [0, 0.05) is 25.7 Å². The van der Waals surface area contributed by atoms with E-state index >= 15 is 0 Å². The van der Waals surface area contributed by atoms with E-state index in [4.69, 9.17) is 9.47 Å². The van der Waals surface area contributed by atoms with Crippen LogP contribution in [0.5, 0.6) is 0 Å². The topological polar surface area (TPSA) is 22.3 Å². The second-order valence-electron chi connectivity index (χ2n) is 4.82. The first-order valence-electron chi connectivity index (χ1n) is 7.45. The van der Waals surface area contributed by atoms with Crippen LogP contribution in [0.2, 0.25) is 0 Å². The highest BCUT2D eigenvalue weighted by molar-refractivity contribution is 4.93. The number of aromatic nitrogens is 1. The number of aryl methyl sites for hydroxylation is 1. The summed E-state index contributed by atoms with van der Waals surface area (Å²) in [6.07, 6.45) is 7.13. The van der Waals surface area contributed by atoms with Gasteiger partial charge >= 0.3 is 0 Å². The quantitative estimate of drug-likeness (QED) is 0.421. The summed E-state index contributed by atoms with van der Waals surface area (Å²) >= 11 is 0. The van der Waals surface area contributed by atoms with E-state index in [1.807, 2.05) is 6.07 Å². The highest BCUT2D eigenvalue weighted by atomic mass is 35.5. The van der Waals surface area contributed by atoms with Crippen LogP contribution in [-0.4, -0.2) is 26.4 Å². The van der Waals surface area contributed by atoms with E-state index in [-0.39, 0.29) is 12.4 Å². The molecule has 0 unspecified atom stereocenters. The molecule has 0 N–H and O–H groups in total. The molecule has 0 bridgehead atoms. The smallest absolute Gasteiger partial charge is 0.178 e. The minimum atomic E-state index is 0. The Balaban J connectivity index is 0.00000361. The first kappa shape index (κ1) is 19.4. The SMILES string of the molecule is CCCCCCOCCOCC[n+]1ccccc1C.[Cl-]. The van der Waals surface area contributed by atoms with Crippen LogP contribution >= 0.6 is 0 Å². The number of pyridine rings is 1. The molecule has 0 atom stereocenters. The molecule has 0 aliphatic rings. The van der Waals surface area contributed by atoms with E-state index in [9.17, 15) is 0 Å². The molecular weight excluding hydrogens is 274 g/mol. The third kappa shape index (κ3) is 9.29. The van der Waals surface area contributed by atoms with Crippen molar-refractivity contribution in [3.63, 3.8) is 0 Å². The average Bonchev–Trinajstić information content (AvgIpc) is 2.43. The van der Waals surface area contributed by atoms with Gasteiger partial charge in [0.1, 0.15) is 6.61 Å². The lowest BCUT2D eigenvalue weighted by molar-refractivity contribution is -0.704. The summed E-state index contributed by atoms with van der Waals surface area (Å²) in [4.78, 5) is 0. The summed E-state index contributed by atoms with van der Waals surface area (Å²) in [6.45, 7) is 8.26. The second-order valence-corrected chi connectivity index (χ2v) is 4.82. The number of rotatable bonds is 11. The summed E-state index contributed by atoms with van der Waals surface area (Å²) in [6, 6.07) is 6.21. The third-order valence-corrected chi connectivity index (χ3v) is 3.16. The molecular formula is C16H28ClNO2. The van der Waals surface area contributed by atoms with E-state index in [2.05, 4.69) is 36.7 Å². The fourth-order valence-electron chi connectivity index (χ4n) is 1.93. The lowest BCUT2D eigenvalue weighted by Crippen LogP contribution is -3.00. The number of unbranched alkanes of at least 4 members (excludes halogenated alkanes) is 3. The van der Waals surface area contributed by atoms with Crippen molar-refractivity contribution in [1.82, 2.24) is 0 Å². The van der Waals surface area contributed by atoms with E-state index in [0.29, 0.717) is 13.2 Å². The first-order chi connectivity index (χ1) is 9.34. The molecule has 1 heterocycles. The molecule has 0 aliphatic heterocycles. The average molecular weight is 302 g/mol. The molecule has 0 amide bonds. The normalized spacial score (nSPS) is 10.3. The molecule has 0 spiro atoms. The molecule has 4 heteroatoms. The Morgan fingerprint density at radius 2 is 1.70 bits per heavy atom. The number of hydrogen-bond acceptors (Lipinski definition) is 2. The number of ether oxygens (including phenoxy) is 2. The molecule has 1 aromatic rings. The van der Waals surface area contributed by atoms with Gasteiger partial charge in [0.2, 0.25) is 0 Å². The van der Waals surface area contributed by atoms with Gasteiger partial charge in [-0.1, -0.05) is 32.3 Å². The summed E-state index contributed by atoms with van der Waals surface area (Å²) < 4.78 is 13.3. The lowest BCUT2D eigenvalue weighted by Gasteiger charge is -2.05. The molecule has 1 rings (SSSR count). The maximum absolute atomic E-state index is 5.57. The van der Waals surface area contributed by atoms with Crippen molar-refractivity contribution in [2.75, 3.05) is 26.4 Å². The Morgan fingerprint density at radius 1 is 0.950 bits per heavy atom. The fourth-order valence-corrected chi connectivity index (χ4v) is 1.93. The summed E-state index contributed by atoms with van der Waals surface area (Å²) in [5.41, 5.74) is 1.26. The van der Waals surface area contributed by atoms with Crippen molar-refractivity contribution in [2.45, 2.75) is 46.1 Å². The fraction of sp³-hybridized carbons (Fsp3) is 0.688. The maximum atomic E-state index is 5.57. The van der Waals surface area contributed by atoms with Crippen molar-refractivity contribution in [1.29, 1.82) is 0 Å². The van der Waals surface area contributed by atoms with Gasteiger partial charge in [0.05, 0.1) is 13.2 Å². The van der Waals surface area contributed by atoms with Crippen LogP contribution < -0.4 is 17.0 Å². The number of nitrogens with zero attached hydrogens (tertiary/aromatic N) is 1. The van der Waals surface area contributed by atoms with E-state index in [1.165, 1.54) is 31.4 Å². The summed E-state index contributed by atoms with van der Waals surface area (Å²) in [5.74, 6) is 0. The Hall–Kier alpha value is -0.640. The first-order valence-corrected chi connectivity index (χ1v) is 7.45. The molecule has 0 saturated heterocycles. The molecule has 0 aliphatic carbocycles. The predicted molar refractivity (Wildman–Crippen MR) is 77.2 cm³/mol. The molecule has 0 aromatic carbocycles. The van der Waals surface area contributed by atoms with Crippen molar-refractivity contribution >= 4 is 0 Å². The van der Waals surface area contributed by atoms with Crippen LogP contribution in [0.1, 0.15) is 38.3 Å². The third-order valence-electron chi connectivity index (χ3n) is 3.16. The minimum absolute atomic E-state index is 0. The van der Waals surface area contributed by atoms with Crippen LogP contribution in [-0.2, 0) is 16.0 Å². The van der Waals surface area contributed by atoms with Gasteiger partial charge in [-0.05, 0) is 6.42 Å². The van der Waals surface area contributed by atoms with Crippen LogP contribution in [0, 0.1) is 6.92 Å². The van der Waals surface area contributed by atoms with E-state index in [0.717, 1.165) is 19.8 Å². The Kier molecular flexibility index (Phi) is 12.9. The minimum Gasteiger partial charge on any atom is -1.00 e. The predicted octanol–water partition coefficient (Wildman–Crippen LogP) is -0.1000. The van der Waals surface area contributed by atoms with Crippen molar-refractivity contribution < 1.29 is 26.4 Å². The van der Waals surface area contributed by atoms with Gasteiger partial charge in [-0.2, -0.15) is 0 Å². The van der Waals surface area contributed by atoms with Gasteiger partial charge in [-0.15, -0.1) is 0 Å². The molecule has 0 saturated carbocycles. The largest absolute Gasteiger partial charge is 1.00 e. The zero-order chi connectivity index (χ0) is 13.8. The lowest BCUT2D eigenvalue weighted by atomic mass is 10.2. The maximum Gasteiger partial charge on any atom is 0.178 e. The number of halogens is 1. The van der Waals surface area contributed by atoms with Crippen LogP contribution in [0.15, 0.2) is 24.4 Å². The highest BCUT2D eigenvalue weighted by Crippen LogP contribution is 1.98. The zero-order valence-electron chi connectivity index (χ0n) is 12.8. The second kappa shape index (κ2) is 13.3. The van der Waals surface area contributed by atoms with Gasteiger partial charge < -0.3 is 21.9 Å². The van der Waals surface area contributed by atoms with E-state index < -0.39 is 0 Å². The van der Waals surface area contributed by atoms with Gasteiger partial charge in [0.15, 0.2) is 18.4 Å². The Labute approximate surface area is 129 Å². The van der Waals surface area contributed by atoms with Crippen LogP contribution in [0.4, 0.5) is 0 Å². The number of hydrogen-bond donors (Lipinski definition) is 0. The Bertz CT molecular complexity index is 334. The van der Waals surface area contributed by atoms with Gasteiger partial charge in [-0.25, -0.2) is 4.57 Å². The van der Waals surface area contributed by atoms with Crippen LogP contribution in [0.3, 0.4) is 0 Å². The summed E-state index contributed by atoms with van der Waals surface area (Å²) in [7, 11) is 0. The molecule has 116 valence electrons. The highest BCUT2D eigenvalue weighted by Gasteiger charge is 2.03. The van der Waals surface area contributed by atoms with Crippen molar-refractivity contribution in [2.24, 2.45) is 0 Å². The monoisotopic (exact) mass is 301 g/mol.